The molecular formula is C20H24ClN3O3. The number of aromatic nitrogens is 3. The first-order chi connectivity index (χ1) is 13.1. The molecule has 2 aliphatic carbocycles. The average Bonchev–Trinajstić information content (AvgIpc) is 3.02. The third-order valence-electron chi connectivity index (χ3n) is 6.25. The molecule has 2 fully saturated rings. The van der Waals surface area contributed by atoms with E-state index in [1.807, 2.05) is 0 Å². The summed E-state index contributed by atoms with van der Waals surface area (Å²) in [5.74, 6) is 0.851. The lowest BCUT2D eigenvalue weighted by Gasteiger charge is -2.52. The normalized spacial score (nSPS) is 18.6. The predicted molar refractivity (Wildman–Crippen MR) is 102 cm³/mol. The van der Waals surface area contributed by atoms with E-state index in [-0.39, 0.29) is 10.7 Å². The molecule has 0 aromatic carbocycles. The van der Waals surface area contributed by atoms with E-state index in [2.05, 4.69) is 10.1 Å². The molecule has 0 atom stereocenters. The molecule has 1 N–H and O–H groups in total. The maximum atomic E-state index is 11.0. The zero-order valence-electron chi connectivity index (χ0n) is 15.2. The van der Waals surface area contributed by atoms with Crippen molar-refractivity contribution in [1.82, 2.24) is 14.8 Å². The molecule has 0 bridgehead atoms. The van der Waals surface area contributed by atoms with Crippen LogP contribution in [0.5, 0.6) is 5.88 Å². The fourth-order valence-corrected chi connectivity index (χ4v) is 4.57. The van der Waals surface area contributed by atoms with Gasteiger partial charge in [0.25, 0.3) is 0 Å². The van der Waals surface area contributed by atoms with Crippen molar-refractivity contribution < 1.29 is 14.6 Å². The Balaban J connectivity index is 1.31. The van der Waals surface area contributed by atoms with Crippen LogP contribution in [0.1, 0.15) is 61.7 Å². The van der Waals surface area contributed by atoms with Gasteiger partial charge in [-0.1, -0.05) is 24.4 Å². The predicted octanol–water partition coefficient (Wildman–Crippen LogP) is 4.75. The average molecular weight is 390 g/mol. The lowest BCUT2D eigenvalue weighted by molar-refractivity contribution is -0.0106. The Morgan fingerprint density at radius 3 is 2.70 bits per heavy atom. The molecule has 0 amide bonds. The minimum atomic E-state index is -1.10. The second kappa shape index (κ2) is 7.50. The number of hydrogen-bond acceptors (Lipinski definition) is 4. The Hall–Kier alpha value is -2.08. The SMILES string of the molecule is O=C(O)c1ccc(-n2ccc(OCCCC3(C4CCC4)CCC3)n2)nc1Cl. The van der Waals surface area contributed by atoms with Gasteiger partial charge >= 0.3 is 5.97 Å². The van der Waals surface area contributed by atoms with Gasteiger partial charge in [0.2, 0.25) is 5.88 Å². The molecule has 4 rings (SSSR count). The third-order valence-corrected chi connectivity index (χ3v) is 6.54. The second-order valence-electron chi connectivity index (χ2n) is 7.71. The molecule has 2 aromatic heterocycles. The van der Waals surface area contributed by atoms with Crippen molar-refractivity contribution in [2.75, 3.05) is 6.61 Å². The van der Waals surface area contributed by atoms with Crippen LogP contribution < -0.4 is 4.74 Å². The number of carbonyl (C=O) groups is 1. The number of nitrogens with zero attached hydrogens (tertiary/aromatic N) is 3. The number of rotatable bonds is 8. The number of pyridine rings is 1. The molecule has 27 heavy (non-hydrogen) atoms. The number of halogens is 1. The molecule has 0 saturated heterocycles. The Morgan fingerprint density at radius 1 is 1.30 bits per heavy atom. The molecule has 2 heterocycles. The topological polar surface area (TPSA) is 77.2 Å². The van der Waals surface area contributed by atoms with E-state index < -0.39 is 5.97 Å². The summed E-state index contributed by atoms with van der Waals surface area (Å²) in [6, 6.07) is 4.78. The van der Waals surface area contributed by atoms with E-state index in [0.717, 1.165) is 12.3 Å². The molecular weight excluding hydrogens is 366 g/mol. The first kappa shape index (κ1) is 18.3. The first-order valence-electron chi connectivity index (χ1n) is 9.66. The van der Waals surface area contributed by atoms with Crippen molar-refractivity contribution in [1.29, 1.82) is 0 Å². The maximum Gasteiger partial charge on any atom is 0.338 e. The summed E-state index contributed by atoms with van der Waals surface area (Å²) < 4.78 is 7.35. The van der Waals surface area contributed by atoms with Gasteiger partial charge in [-0.15, -0.1) is 5.10 Å². The maximum absolute atomic E-state index is 11.0. The molecule has 7 heteroatoms. The van der Waals surface area contributed by atoms with Gasteiger partial charge in [0.05, 0.1) is 12.2 Å². The Labute approximate surface area is 163 Å². The number of carboxylic acids is 1. The van der Waals surface area contributed by atoms with Gasteiger partial charge in [0.1, 0.15) is 5.15 Å². The molecule has 6 nitrogen and oxygen atoms in total. The molecule has 0 spiro atoms. The second-order valence-corrected chi connectivity index (χ2v) is 8.07. The van der Waals surface area contributed by atoms with Crippen molar-refractivity contribution in [3.8, 4) is 11.7 Å². The Bertz CT molecular complexity index is 828. The van der Waals surface area contributed by atoms with E-state index in [1.54, 1.807) is 18.3 Å². The van der Waals surface area contributed by atoms with Crippen LogP contribution in [-0.2, 0) is 0 Å². The van der Waals surface area contributed by atoms with E-state index in [9.17, 15) is 4.79 Å². The van der Waals surface area contributed by atoms with Crippen molar-refractivity contribution in [2.45, 2.75) is 51.4 Å². The van der Waals surface area contributed by atoms with Gasteiger partial charge in [0.15, 0.2) is 5.82 Å². The van der Waals surface area contributed by atoms with Crippen molar-refractivity contribution in [3.05, 3.63) is 35.1 Å². The van der Waals surface area contributed by atoms with Crippen molar-refractivity contribution in [2.24, 2.45) is 11.3 Å². The first-order valence-corrected chi connectivity index (χ1v) is 10.0. The summed E-state index contributed by atoms with van der Waals surface area (Å²) in [6.07, 6.45) is 12.5. The highest BCUT2D eigenvalue weighted by Gasteiger charge is 2.45. The van der Waals surface area contributed by atoms with Crippen LogP contribution in [0.2, 0.25) is 5.15 Å². The zero-order chi connectivity index (χ0) is 18.9. The molecule has 0 unspecified atom stereocenters. The molecule has 2 aromatic rings. The summed E-state index contributed by atoms with van der Waals surface area (Å²) in [4.78, 5) is 15.1. The van der Waals surface area contributed by atoms with Crippen LogP contribution in [0.3, 0.4) is 0 Å². The number of ether oxygens (including phenoxy) is 1. The monoisotopic (exact) mass is 389 g/mol. The zero-order valence-corrected chi connectivity index (χ0v) is 16.0. The fourth-order valence-electron chi connectivity index (χ4n) is 4.34. The molecule has 2 aliphatic rings. The van der Waals surface area contributed by atoms with Crippen LogP contribution in [0.15, 0.2) is 24.4 Å². The van der Waals surface area contributed by atoms with E-state index in [0.29, 0.717) is 23.7 Å². The Kier molecular flexibility index (Phi) is 5.08. The number of carboxylic acid groups (broad SMARTS) is 1. The highest BCUT2D eigenvalue weighted by atomic mass is 35.5. The van der Waals surface area contributed by atoms with Crippen molar-refractivity contribution in [3.63, 3.8) is 0 Å². The summed E-state index contributed by atoms with van der Waals surface area (Å²) >= 11 is 5.92. The van der Waals surface area contributed by atoms with E-state index >= 15 is 0 Å². The van der Waals surface area contributed by atoms with Gasteiger partial charge in [-0.3, -0.25) is 0 Å². The van der Waals surface area contributed by atoms with Gasteiger partial charge < -0.3 is 9.84 Å². The quantitative estimate of drug-likeness (QED) is 0.520. The number of hydrogen-bond donors (Lipinski definition) is 1. The van der Waals surface area contributed by atoms with Crippen LogP contribution in [-0.4, -0.2) is 32.4 Å². The fraction of sp³-hybridized carbons (Fsp3) is 0.550. The lowest BCUT2D eigenvalue weighted by atomic mass is 9.53. The minimum Gasteiger partial charge on any atom is -0.478 e. The van der Waals surface area contributed by atoms with Gasteiger partial charge in [-0.2, -0.15) is 0 Å². The van der Waals surface area contributed by atoms with Gasteiger partial charge in [0, 0.05) is 12.3 Å². The lowest BCUT2D eigenvalue weighted by Crippen LogP contribution is -2.41. The summed E-state index contributed by atoms with van der Waals surface area (Å²) in [5, 5.41) is 13.3. The van der Waals surface area contributed by atoms with Crippen LogP contribution in [0, 0.1) is 11.3 Å². The van der Waals surface area contributed by atoms with Crippen molar-refractivity contribution >= 4 is 17.6 Å². The van der Waals surface area contributed by atoms with E-state index in [4.69, 9.17) is 21.4 Å². The molecule has 144 valence electrons. The highest BCUT2D eigenvalue weighted by molar-refractivity contribution is 6.32. The summed E-state index contributed by atoms with van der Waals surface area (Å²) in [6.45, 7) is 0.664. The molecule has 2 saturated carbocycles. The summed E-state index contributed by atoms with van der Waals surface area (Å²) in [5.41, 5.74) is 0.577. The Morgan fingerprint density at radius 2 is 2.11 bits per heavy atom. The standard InChI is InChI=1S/C20H24ClN3O3/c21-18-15(19(25)26)6-7-16(22-18)24-12-8-17(23-24)27-13-3-11-20(9-2-10-20)14-4-1-5-14/h6-8,12,14H,1-5,9-11,13H2,(H,25,26). The largest absolute Gasteiger partial charge is 0.478 e. The summed E-state index contributed by atoms with van der Waals surface area (Å²) in [7, 11) is 0. The smallest absolute Gasteiger partial charge is 0.338 e. The van der Waals surface area contributed by atoms with Gasteiger partial charge in [-0.25, -0.2) is 14.5 Å². The van der Waals surface area contributed by atoms with Crippen LogP contribution >= 0.6 is 11.6 Å². The molecule has 0 radical (unpaired) electrons. The minimum absolute atomic E-state index is 0.0274. The molecule has 0 aliphatic heterocycles. The third kappa shape index (κ3) is 3.68. The van der Waals surface area contributed by atoms with Crippen LogP contribution in [0.25, 0.3) is 5.82 Å². The van der Waals surface area contributed by atoms with Gasteiger partial charge in [-0.05, 0) is 62.0 Å². The number of aromatic carboxylic acids is 1. The highest BCUT2D eigenvalue weighted by Crippen LogP contribution is 2.56. The van der Waals surface area contributed by atoms with Crippen LogP contribution in [0.4, 0.5) is 0 Å². The van der Waals surface area contributed by atoms with E-state index in [1.165, 1.54) is 55.7 Å².